The Kier molecular flexibility index (Phi) is 5.74. The summed E-state index contributed by atoms with van der Waals surface area (Å²) in [6.07, 6.45) is 6.15. The largest absolute Gasteiger partial charge is 0.316 e. The van der Waals surface area contributed by atoms with Gasteiger partial charge in [-0.25, -0.2) is 0 Å². The molecule has 1 aromatic heterocycles. The second-order valence-electron chi connectivity index (χ2n) is 8.46. The van der Waals surface area contributed by atoms with Gasteiger partial charge in [0.1, 0.15) is 17.1 Å². The highest BCUT2D eigenvalue weighted by Gasteiger charge is 2.36. The van der Waals surface area contributed by atoms with Crippen LogP contribution in [0.25, 0.3) is 11.0 Å². The Labute approximate surface area is 171 Å². The van der Waals surface area contributed by atoms with Crippen LogP contribution in [0, 0.1) is 23.2 Å². The van der Waals surface area contributed by atoms with E-state index in [0.29, 0.717) is 29.1 Å². The first kappa shape index (κ1) is 19.7. The number of hydrogen-bond donors (Lipinski definition) is 1. The maximum atomic E-state index is 13.8. The van der Waals surface area contributed by atoms with Crippen LogP contribution < -0.4 is 10.2 Å². The summed E-state index contributed by atoms with van der Waals surface area (Å²) in [4.78, 5) is 27.0. The highest BCUT2D eigenvalue weighted by molar-refractivity contribution is 6.03. The molecule has 152 valence electrons. The molecule has 1 N–H and O–H groups in total. The number of fused-ring (bicyclic) bond motifs is 1. The minimum absolute atomic E-state index is 0.0478. The molecule has 0 saturated carbocycles. The molecular weight excluding hydrogens is 364 g/mol. The van der Waals surface area contributed by atoms with Crippen molar-refractivity contribution < 1.29 is 4.79 Å². The van der Waals surface area contributed by atoms with Crippen molar-refractivity contribution in [1.29, 1.82) is 5.26 Å². The quantitative estimate of drug-likeness (QED) is 0.862. The van der Waals surface area contributed by atoms with E-state index in [1.165, 1.54) is 0 Å². The number of carbonyl (C=O) groups excluding carboxylic acids is 1. The number of likely N-dealkylation sites (tertiary alicyclic amines) is 1. The minimum Gasteiger partial charge on any atom is -0.316 e. The molecule has 1 aromatic carbocycles. The Balaban J connectivity index is 1.79. The first-order chi connectivity index (χ1) is 14.1. The van der Waals surface area contributed by atoms with Crippen molar-refractivity contribution in [3.05, 3.63) is 30.1 Å². The summed E-state index contributed by atoms with van der Waals surface area (Å²) >= 11 is 0. The van der Waals surface area contributed by atoms with Crippen molar-refractivity contribution in [2.75, 3.05) is 38.1 Å². The van der Waals surface area contributed by atoms with Gasteiger partial charge in [0, 0.05) is 31.5 Å². The van der Waals surface area contributed by atoms with Crippen LogP contribution in [0.5, 0.6) is 0 Å². The van der Waals surface area contributed by atoms with Gasteiger partial charge in [-0.3, -0.25) is 14.8 Å². The fourth-order valence-corrected chi connectivity index (χ4v) is 4.71. The summed E-state index contributed by atoms with van der Waals surface area (Å²) in [6, 6.07) is 5.93. The van der Waals surface area contributed by atoms with E-state index in [4.69, 9.17) is 0 Å². The molecule has 7 nitrogen and oxygen atoms in total. The van der Waals surface area contributed by atoms with E-state index in [0.717, 1.165) is 44.6 Å². The molecule has 0 radical (unpaired) electrons. The van der Waals surface area contributed by atoms with Crippen LogP contribution >= 0.6 is 0 Å². The third-order valence-corrected chi connectivity index (χ3v) is 6.11. The molecule has 3 atom stereocenters. The summed E-state index contributed by atoms with van der Waals surface area (Å²) < 4.78 is 0. The Morgan fingerprint density at radius 3 is 2.79 bits per heavy atom. The number of piperidine rings is 2. The number of rotatable bonds is 3. The SMILES string of the molecule is C[C@@H]1CNC[C@H](C(=O)N(c2ccc(C#N)c3nccnc23)C2CCCN(C)C2)C1. The average molecular weight is 393 g/mol. The lowest BCUT2D eigenvalue weighted by molar-refractivity contribution is -0.124. The molecule has 0 aliphatic carbocycles. The van der Waals surface area contributed by atoms with E-state index in [2.05, 4.69) is 40.2 Å². The van der Waals surface area contributed by atoms with Crippen molar-refractivity contribution in [2.45, 2.75) is 32.2 Å². The summed E-state index contributed by atoms with van der Waals surface area (Å²) in [6.45, 7) is 5.74. The Bertz CT molecular complexity index is 939. The Morgan fingerprint density at radius 1 is 1.28 bits per heavy atom. The van der Waals surface area contributed by atoms with Crippen molar-refractivity contribution in [1.82, 2.24) is 20.2 Å². The molecule has 2 aliphatic heterocycles. The van der Waals surface area contributed by atoms with Gasteiger partial charge in [0.25, 0.3) is 0 Å². The van der Waals surface area contributed by atoms with Gasteiger partial charge >= 0.3 is 0 Å². The van der Waals surface area contributed by atoms with Crippen LogP contribution in [0.2, 0.25) is 0 Å². The Hall–Kier alpha value is -2.56. The minimum atomic E-state index is -0.0478. The molecular formula is C22H28N6O. The number of carbonyl (C=O) groups is 1. The highest BCUT2D eigenvalue weighted by Crippen LogP contribution is 2.32. The number of nitriles is 1. The third-order valence-electron chi connectivity index (χ3n) is 6.11. The van der Waals surface area contributed by atoms with Crippen LogP contribution in [-0.4, -0.2) is 60.0 Å². The molecule has 2 aromatic rings. The summed E-state index contributed by atoms with van der Waals surface area (Å²) in [5, 5.41) is 12.9. The van der Waals surface area contributed by atoms with Crippen LogP contribution in [0.3, 0.4) is 0 Å². The number of nitrogens with one attached hydrogen (secondary N) is 1. The molecule has 2 fully saturated rings. The molecule has 4 rings (SSSR count). The van der Waals surface area contributed by atoms with E-state index in [1.807, 2.05) is 11.0 Å². The fourth-order valence-electron chi connectivity index (χ4n) is 4.71. The van der Waals surface area contributed by atoms with Gasteiger partial charge in [0.2, 0.25) is 5.91 Å². The molecule has 0 bridgehead atoms. The summed E-state index contributed by atoms with van der Waals surface area (Å²) in [7, 11) is 2.11. The molecule has 29 heavy (non-hydrogen) atoms. The first-order valence-electron chi connectivity index (χ1n) is 10.4. The topological polar surface area (TPSA) is 85.2 Å². The van der Waals surface area contributed by atoms with Crippen LogP contribution in [-0.2, 0) is 4.79 Å². The van der Waals surface area contributed by atoms with Gasteiger partial charge in [0.15, 0.2) is 0 Å². The predicted molar refractivity (Wildman–Crippen MR) is 112 cm³/mol. The van der Waals surface area contributed by atoms with E-state index in [-0.39, 0.29) is 17.9 Å². The van der Waals surface area contributed by atoms with Gasteiger partial charge in [0.05, 0.1) is 17.2 Å². The average Bonchev–Trinajstić information content (AvgIpc) is 2.74. The number of nitrogens with zero attached hydrogens (tertiary/aromatic N) is 5. The van der Waals surface area contributed by atoms with Crippen molar-refractivity contribution in [3.63, 3.8) is 0 Å². The van der Waals surface area contributed by atoms with Crippen LogP contribution in [0.4, 0.5) is 5.69 Å². The predicted octanol–water partition coefficient (Wildman–Crippen LogP) is 2.17. The Morgan fingerprint density at radius 2 is 2.07 bits per heavy atom. The molecule has 3 heterocycles. The van der Waals surface area contributed by atoms with Crippen molar-refractivity contribution in [2.24, 2.45) is 11.8 Å². The number of hydrogen-bond acceptors (Lipinski definition) is 6. The lowest BCUT2D eigenvalue weighted by Gasteiger charge is -2.40. The first-order valence-corrected chi connectivity index (χ1v) is 10.4. The monoisotopic (exact) mass is 392 g/mol. The highest BCUT2D eigenvalue weighted by atomic mass is 16.2. The van der Waals surface area contributed by atoms with E-state index in [9.17, 15) is 10.1 Å². The van der Waals surface area contributed by atoms with Gasteiger partial charge in [-0.05, 0) is 57.5 Å². The second kappa shape index (κ2) is 8.44. The van der Waals surface area contributed by atoms with Gasteiger partial charge in [-0.2, -0.15) is 5.26 Å². The number of amides is 1. The zero-order valence-corrected chi connectivity index (χ0v) is 17.1. The molecule has 2 saturated heterocycles. The number of aromatic nitrogens is 2. The third kappa shape index (κ3) is 3.96. The van der Waals surface area contributed by atoms with E-state index >= 15 is 0 Å². The molecule has 0 spiro atoms. The van der Waals surface area contributed by atoms with Gasteiger partial charge in [-0.15, -0.1) is 0 Å². The zero-order valence-electron chi connectivity index (χ0n) is 17.1. The lowest BCUT2D eigenvalue weighted by Crippen LogP contribution is -2.53. The van der Waals surface area contributed by atoms with Gasteiger partial charge < -0.3 is 15.1 Å². The maximum Gasteiger partial charge on any atom is 0.231 e. The lowest BCUT2D eigenvalue weighted by atomic mass is 9.89. The number of benzene rings is 1. The fraction of sp³-hybridized carbons (Fsp3) is 0.545. The number of anilines is 1. The standard InChI is InChI=1S/C22H28N6O/c1-15-10-17(13-24-12-15)22(29)28(18-4-3-9-27(2)14-18)19-6-5-16(11-23)20-21(19)26-8-7-25-20/h5-8,15,17-18,24H,3-4,9-10,12-14H2,1-2H3/t15-,17+,18?/m0/s1. The number of likely N-dealkylation sites (N-methyl/N-ethyl adjacent to an activating group) is 1. The van der Waals surface area contributed by atoms with Crippen LogP contribution in [0.1, 0.15) is 31.7 Å². The maximum absolute atomic E-state index is 13.8. The van der Waals surface area contributed by atoms with E-state index in [1.54, 1.807) is 18.5 Å². The molecule has 1 unspecified atom stereocenters. The zero-order chi connectivity index (χ0) is 20.4. The summed E-state index contributed by atoms with van der Waals surface area (Å²) in [5.41, 5.74) is 2.45. The normalized spacial score (nSPS) is 25.5. The van der Waals surface area contributed by atoms with Crippen LogP contribution in [0.15, 0.2) is 24.5 Å². The smallest absolute Gasteiger partial charge is 0.231 e. The molecule has 7 heteroatoms. The van der Waals surface area contributed by atoms with Crippen molar-refractivity contribution >= 4 is 22.6 Å². The summed E-state index contributed by atoms with van der Waals surface area (Å²) in [5.74, 6) is 0.584. The molecule has 2 aliphatic rings. The van der Waals surface area contributed by atoms with Gasteiger partial charge in [-0.1, -0.05) is 6.92 Å². The molecule has 1 amide bonds. The van der Waals surface area contributed by atoms with Crippen molar-refractivity contribution in [3.8, 4) is 6.07 Å². The second-order valence-corrected chi connectivity index (χ2v) is 8.46. The van der Waals surface area contributed by atoms with E-state index < -0.39 is 0 Å².